The second-order valence-electron chi connectivity index (χ2n) is 25.2. The molecule has 2 aliphatic rings. The molecule has 3 aromatic heterocycles. The number of phenols is 1. The lowest BCUT2D eigenvalue weighted by Gasteiger charge is -2.43. The molecule has 0 bridgehead atoms. The molecular formula is C72H74N4O. The van der Waals surface area contributed by atoms with Crippen molar-refractivity contribution >= 4 is 32.7 Å². The van der Waals surface area contributed by atoms with Crippen LogP contribution in [0.2, 0.25) is 0 Å². The zero-order valence-electron chi connectivity index (χ0n) is 46.8. The third-order valence-corrected chi connectivity index (χ3v) is 17.7. The van der Waals surface area contributed by atoms with E-state index in [0.29, 0.717) is 17.2 Å². The average molecular weight is 1010 g/mol. The Kier molecular flexibility index (Phi) is 12.8. The zero-order chi connectivity index (χ0) is 53.4. The first-order valence-corrected chi connectivity index (χ1v) is 28.5. The minimum atomic E-state index is -0.332. The van der Waals surface area contributed by atoms with Gasteiger partial charge in [-0.1, -0.05) is 178 Å². The summed E-state index contributed by atoms with van der Waals surface area (Å²) < 4.78 is 2.32. The first-order chi connectivity index (χ1) is 37.0. The van der Waals surface area contributed by atoms with Gasteiger partial charge in [0, 0.05) is 39.2 Å². The van der Waals surface area contributed by atoms with Crippen molar-refractivity contribution in [1.29, 1.82) is 0 Å². The fourth-order valence-corrected chi connectivity index (χ4v) is 13.2. The van der Waals surface area contributed by atoms with Gasteiger partial charge in [-0.3, -0.25) is 14.5 Å². The minimum Gasteiger partial charge on any atom is -0.507 e. The highest BCUT2D eigenvalue weighted by atomic mass is 16.3. The van der Waals surface area contributed by atoms with E-state index in [-0.39, 0.29) is 22.5 Å². The van der Waals surface area contributed by atoms with E-state index in [1.165, 1.54) is 85.6 Å². The van der Waals surface area contributed by atoms with Crippen LogP contribution in [0.5, 0.6) is 5.75 Å². The Labute approximate surface area is 456 Å². The summed E-state index contributed by atoms with van der Waals surface area (Å²) in [5.41, 5.74) is 19.3. The Morgan fingerprint density at radius 2 is 1.22 bits per heavy atom. The van der Waals surface area contributed by atoms with E-state index in [9.17, 15) is 5.11 Å². The highest BCUT2D eigenvalue weighted by Gasteiger charge is 2.37. The van der Waals surface area contributed by atoms with Gasteiger partial charge in [0.15, 0.2) is 0 Å². The van der Waals surface area contributed by atoms with Gasteiger partial charge in [0.05, 0.1) is 33.5 Å². The molecule has 2 aliphatic carbocycles. The molecule has 77 heavy (non-hydrogen) atoms. The van der Waals surface area contributed by atoms with Gasteiger partial charge in [0.1, 0.15) is 11.6 Å². The van der Waals surface area contributed by atoms with Crippen molar-refractivity contribution in [3.05, 3.63) is 186 Å². The summed E-state index contributed by atoms with van der Waals surface area (Å²) in [6, 6.07) is 55.5. The molecule has 2 saturated carbocycles. The van der Waals surface area contributed by atoms with Crippen LogP contribution in [-0.2, 0) is 10.8 Å². The molecule has 5 heteroatoms. The van der Waals surface area contributed by atoms with Gasteiger partial charge in [-0.2, -0.15) is 0 Å². The fourth-order valence-electron chi connectivity index (χ4n) is 13.2. The van der Waals surface area contributed by atoms with Crippen LogP contribution in [0.25, 0.3) is 94.4 Å². The maximum absolute atomic E-state index is 12.7. The van der Waals surface area contributed by atoms with E-state index < -0.39 is 0 Å². The molecule has 10 aromatic rings. The predicted octanol–water partition coefficient (Wildman–Crippen LogP) is 19.8. The topological polar surface area (TPSA) is 63.8 Å². The van der Waals surface area contributed by atoms with Crippen LogP contribution in [-0.4, -0.2) is 24.6 Å². The summed E-state index contributed by atoms with van der Waals surface area (Å²) in [5, 5.41) is 15.8. The first kappa shape index (κ1) is 50.4. The number of aromatic nitrogens is 4. The van der Waals surface area contributed by atoms with Gasteiger partial charge < -0.3 is 5.11 Å². The summed E-state index contributed by atoms with van der Waals surface area (Å²) in [6.45, 7) is 19.9. The van der Waals surface area contributed by atoms with Crippen LogP contribution in [0.15, 0.2) is 158 Å². The zero-order valence-corrected chi connectivity index (χ0v) is 46.8. The second kappa shape index (κ2) is 19.6. The highest BCUT2D eigenvalue weighted by Crippen LogP contribution is 2.52. The SMILES string of the molecule is Cc1nc2ccc(-c3cc(-c4ccc(C5CCC6(CCCCC6)CC5)cc4)ccn3)cc2c2c1ccc1c2nc(-c2cc(C(C)(C)C)cc(C(C)(C)C)c2O)n1-c1ccc(-c2ccc(-c3ccccc3)cc2)cc1C(C)C. The maximum Gasteiger partial charge on any atom is 0.149 e. The third kappa shape index (κ3) is 9.44. The smallest absolute Gasteiger partial charge is 0.149 e. The second-order valence-corrected chi connectivity index (χ2v) is 25.2. The van der Waals surface area contributed by atoms with Gasteiger partial charge in [-0.25, -0.2) is 4.98 Å². The van der Waals surface area contributed by atoms with E-state index in [1.54, 1.807) is 0 Å². The average Bonchev–Trinajstić information content (AvgIpc) is 4.07. The van der Waals surface area contributed by atoms with Crippen molar-refractivity contribution in [3.8, 4) is 67.5 Å². The molecule has 2 fully saturated rings. The Morgan fingerprint density at radius 3 is 1.90 bits per heavy atom. The van der Waals surface area contributed by atoms with E-state index in [2.05, 4.69) is 219 Å². The standard InChI is InChI=1S/C72H74N4O/c1-45(2)58-40-53(50-22-18-48(19-23-50)47-16-12-10-13-17-47)27-30-64(58)76-65-31-28-57-46(3)74-62-29-26-55(41-59(62)66(57)67(65)75-69(76)60-43-56(70(4,5)6)44-61(68(60)77)71(7,8)9)63-42-54(34-39-73-63)51-24-20-49(21-25-51)52-32-37-72(38-33-52)35-14-11-15-36-72/h10,12-13,16-31,34,39-45,52,77H,11,14-15,32-33,35-38H2,1-9H3. The van der Waals surface area contributed by atoms with E-state index in [1.807, 2.05) is 6.20 Å². The Bertz CT molecular complexity index is 3830. The molecule has 0 aliphatic heterocycles. The fraction of sp³-hybridized carbons (Fsp3) is 0.319. The molecular weight excluding hydrogens is 937 g/mol. The summed E-state index contributed by atoms with van der Waals surface area (Å²) >= 11 is 0. The predicted molar refractivity (Wildman–Crippen MR) is 323 cm³/mol. The molecule has 3 heterocycles. The minimum absolute atomic E-state index is 0.167. The normalized spacial score (nSPS) is 15.4. The van der Waals surface area contributed by atoms with E-state index in [0.717, 1.165) is 88.7 Å². The van der Waals surface area contributed by atoms with Crippen LogP contribution < -0.4 is 0 Å². The lowest BCUT2D eigenvalue weighted by molar-refractivity contribution is 0.114. The number of rotatable bonds is 8. The molecule has 388 valence electrons. The molecule has 1 spiro atoms. The quantitative estimate of drug-likeness (QED) is 0.154. The number of aromatic hydroxyl groups is 1. The number of hydrogen-bond donors (Lipinski definition) is 1. The number of fused-ring (bicyclic) bond motifs is 5. The molecule has 1 N–H and O–H groups in total. The number of nitrogens with zero attached hydrogens (tertiary/aromatic N) is 4. The van der Waals surface area contributed by atoms with Crippen molar-refractivity contribution in [1.82, 2.24) is 19.5 Å². The number of benzene rings is 7. The molecule has 12 rings (SSSR count). The van der Waals surface area contributed by atoms with E-state index in [4.69, 9.17) is 15.0 Å². The number of imidazole rings is 1. The molecule has 5 nitrogen and oxygen atoms in total. The van der Waals surface area contributed by atoms with Crippen LogP contribution in [0, 0.1) is 12.3 Å². The summed E-state index contributed by atoms with van der Waals surface area (Å²) in [6.07, 6.45) is 14.5. The van der Waals surface area contributed by atoms with Gasteiger partial charge >= 0.3 is 0 Å². The van der Waals surface area contributed by atoms with Crippen LogP contribution in [0.1, 0.15) is 153 Å². The first-order valence-electron chi connectivity index (χ1n) is 28.5. The summed E-state index contributed by atoms with van der Waals surface area (Å²) in [4.78, 5) is 16.0. The number of pyridine rings is 2. The Hall–Kier alpha value is -7.37. The molecule has 0 unspecified atom stereocenters. The largest absolute Gasteiger partial charge is 0.507 e. The van der Waals surface area contributed by atoms with Gasteiger partial charge in [0.25, 0.3) is 0 Å². The third-order valence-electron chi connectivity index (χ3n) is 17.7. The maximum atomic E-state index is 12.7. The Morgan fingerprint density at radius 1 is 0.584 bits per heavy atom. The summed E-state index contributed by atoms with van der Waals surface area (Å²) in [7, 11) is 0. The number of phenolic OH excluding ortho intramolecular Hbond substituents is 1. The lowest BCUT2D eigenvalue weighted by atomic mass is 9.62. The van der Waals surface area contributed by atoms with Crippen molar-refractivity contribution < 1.29 is 5.11 Å². The summed E-state index contributed by atoms with van der Waals surface area (Å²) in [5.74, 6) is 1.80. The van der Waals surface area contributed by atoms with Gasteiger partial charge in [-0.15, -0.1) is 0 Å². The molecule has 0 saturated heterocycles. The monoisotopic (exact) mass is 1010 g/mol. The van der Waals surface area contributed by atoms with Crippen LogP contribution in [0.4, 0.5) is 0 Å². The van der Waals surface area contributed by atoms with Crippen molar-refractivity contribution in [2.75, 3.05) is 0 Å². The molecule has 0 radical (unpaired) electrons. The molecule has 0 atom stereocenters. The van der Waals surface area contributed by atoms with Crippen LogP contribution >= 0.6 is 0 Å². The highest BCUT2D eigenvalue weighted by molar-refractivity contribution is 6.19. The van der Waals surface area contributed by atoms with Crippen molar-refractivity contribution in [2.24, 2.45) is 5.41 Å². The van der Waals surface area contributed by atoms with Gasteiger partial charge in [0.2, 0.25) is 0 Å². The van der Waals surface area contributed by atoms with E-state index >= 15 is 0 Å². The Balaban J connectivity index is 1.00. The lowest BCUT2D eigenvalue weighted by Crippen LogP contribution is -2.29. The van der Waals surface area contributed by atoms with Gasteiger partial charge in [-0.05, 0) is 172 Å². The van der Waals surface area contributed by atoms with Crippen molar-refractivity contribution in [2.45, 2.75) is 143 Å². The number of aryl methyl sites for hydroxylation is 1. The number of hydrogen-bond acceptors (Lipinski definition) is 4. The molecule has 7 aromatic carbocycles. The van der Waals surface area contributed by atoms with Crippen LogP contribution in [0.3, 0.4) is 0 Å². The van der Waals surface area contributed by atoms with Crippen molar-refractivity contribution in [3.63, 3.8) is 0 Å². The molecule has 0 amide bonds.